The molecule has 17 heavy (non-hydrogen) atoms. The van der Waals surface area contributed by atoms with E-state index >= 15 is 0 Å². The summed E-state index contributed by atoms with van der Waals surface area (Å²) in [6.45, 7) is 2.94. The molecule has 0 aromatic heterocycles. The summed E-state index contributed by atoms with van der Waals surface area (Å²) in [6.07, 6.45) is 1.22. The Morgan fingerprint density at radius 1 is 1.18 bits per heavy atom. The lowest BCUT2D eigenvalue weighted by Gasteiger charge is -2.12. The van der Waals surface area contributed by atoms with Gasteiger partial charge in [0.25, 0.3) is 0 Å². The van der Waals surface area contributed by atoms with Crippen LogP contribution < -0.4 is 16.4 Å². The largest absolute Gasteiger partial charge is 0.508 e. The van der Waals surface area contributed by atoms with Gasteiger partial charge in [0, 0.05) is 25.2 Å². The molecule has 1 fully saturated rings. The van der Waals surface area contributed by atoms with Crippen molar-refractivity contribution in [2.75, 3.05) is 27.2 Å². The van der Waals surface area contributed by atoms with E-state index in [1.807, 2.05) is 37.2 Å². The minimum Gasteiger partial charge on any atom is -0.508 e. The van der Waals surface area contributed by atoms with Gasteiger partial charge in [-0.1, -0.05) is 18.2 Å². The first-order valence-electron chi connectivity index (χ1n) is 5.82. The molecule has 1 aromatic carbocycles. The van der Waals surface area contributed by atoms with E-state index in [1.54, 1.807) is 6.07 Å². The summed E-state index contributed by atoms with van der Waals surface area (Å²) in [5.74, 6) is 0.376. The maximum absolute atomic E-state index is 9.33. The molecule has 0 unspecified atom stereocenters. The summed E-state index contributed by atoms with van der Waals surface area (Å²) in [5, 5.41) is 9.33. The molecule has 4 N–H and O–H groups in total. The normalized spacial score (nSPS) is 15.2. The predicted molar refractivity (Wildman–Crippen MR) is 69.3 cm³/mol. The van der Waals surface area contributed by atoms with Crippen molar-refractivity contribution in [3.05, 3.63) is 29.8 Å². The van der Waals surface area contributed by atoms with E-state index in [2.05, 4.69) is 16.4 Å². The second-order valence-electron chi connectivity index (χ2n) is 4.20. The zero-order chi connectivity index (χ0) is 12.5. The number of hydrogen-bond acceptors (Lipinski definition) is 5. The van der Waals surface area contributed by atoms with Gasteiger partial charge in [-0.15, -0.1) is 0 Å². The van der Waals surface area contributed by atoms with Gasteiger partial charge < -0.3 is 10.0 Å². The Balaban J connectivity index is 0.000000202. The molecule has 2 rings (SSSR count). The van der Waals surface area contributed by atoms with Crippen LogP contribution in [-0.4, -0.2) is 37.2 Å². The van der Waals surface area contributed by atoms with Crippen LogP contribution in [0, 0.1) is 0 Å². The fourth-order valence-corrected chi connectivity index (χ4v) is 1.44. The second-order valence-corrected chi connectivity index (χ2v) is 4.20. The molecule has 1 aromatic rings. The molecule has 0 bridgehead atoms. The van der Waals surface area contributed by atoms with E-state index in [4.69, 9.17) is 0 Å². The minimum atomic E-state index is 0.376. The summed E-state index contributed by atoms with van der Waals surface area (Å²) in [4.78, 5) is 2.02. The van der Waals surface area contributed by atoms with Crippen LogP contribution in [0.5, 0.6) is 5.75 Å². The summed E-state index contributed by atoms with van der Waals surface area (Å²) < 4.78 is 0. The summed E-state index contributed by atoms with van der Waals surface area (Å²) >= 11 is 0. The van der Waals surface area contributed by atoms with Gasteiger partial charge in [0.2, 0.25) is 0 Å². The SMILES string of the molecule is C1CNNNC1.CN(C)Cc1ccccc1O. The van der Waals surface area contributed by atoms with Gasteiger partial charge >= 0.3 is 0 Å². The number of nitrogens with zero attached hydrogens (tertiary/aromatic N) is 1. The topological polar surface area (TPSA) is 59.6 Å². The van der Waals surface area contributed by atoms with Crippen molar-refractivity contribution in [1.29, 1.82) is 0 Å². The number of aromatic hydroxyl groups is 1. The number of phenolic OH excluding ortho intramolecular Hbond substituents is 1. The van der Waals surface area contributed by atoms with E-state index in [0.717, 1.165) is 25.2 Å². The lowest BCUT2D eigenvalue weighted by atomic mass is 10.2. The molecule has 5 nitrogen and oxygen atoms in total. The third kappa shape index (κ3) is 6.23. The van der Waals surface area contributed by atoms with Gasteiger partial charge in [0.1, 0.15) is 5.75 Å². The van der Waals surface area contributed by atoms with Gasteiger partial charge in [-0.2, -0.15) is 5.53 Å². The Hall–Kier alpha value is -1.14. The lowest BCUT2D eigenvalue weighted by Crippen LogP contribution is -2.49. The highest BCUT2D eigenvalue weighted by Crippen LogP contribution is 2.16. The predicted octanol–water partition coefficient (Wildman–Crippen LogP) is 0.443. The van der Waals surface area contributed by atoms with Crippen LogP contribution in [0.1, 0.15) is 12.0 Å². The van der Waals surface area contributed by atoms with Gasteiger partial charge in [-0.05, 0) is 26.6 Å². The van der Waals surface area contributed by atoms with Gasteiger partial charge in [0.05, 0.1) is 0 Å². The standard InChI is InChI=1S/C9H13NO.C3H9N3/c1-10(2)7-8-5-3-4-6-9(8)11;1-2-4-6-5-3-1/h3-6,11H,7H2,1-2H3;4-6H,1-3H2. The fourth-order valence-electron chi connectivity index (χ4n) is 1.44. The Morgan fingerprint density at radius 3 is 2.24 bits per heavy atom. The first-order valence-corrected chi connectivity index (χ1v) is 5.82. The summed E-state index contributed by atoms with van der Waals surface area (Å²) in [5.41, 5.74) is 9.60. The third-order valence-electron chi connectivity index (χ3n) is 2.26. The third-order valence-corrected chi connectivity index (χ3v) is 2.26. The van der Waals surface area contributed by atoms with Crippen molar-refractivity contribution < 1.29 is 5.11 Å². The van der Waals surface area contributed by atoms with Crippen molar-refractivity contribution in [2.45, 2.75) is 13.0 Å². The highest BCUT2D eigenvalue weighted by Gasteiger charge is 1.98. The number of para-hydroxylation sites is 1. The van der Waals surface area contributed by atoms with Crippen molar-refractivity contribution in [3.8, 4) is 5.75 Å². The minimum absolute atomic E-state index is 0.376. The van der Waals surface area contributed by atoms with Crippen LogP contribution >= 0.6 is 0 Å². The Bertz CT molecular complexity index is 302. The summed E-state index contributed by atoms with van der Waals surface area (Å²) in [7, 11) is 3.96. The van der Waals surface area contributed by atoms with Gasteiger partial charge in [-0.3, -0.25) is 0 Å². The molecule has 1 heterocycles. The molecule has 1 saturated heterocycles. The molecule has 0 radical (unpaired) electrons. The summed E-state index contributed by atoms with van der Waals surface area (Å²) in [6, 6.07) is 7.39. The first-order chi connectivity index (χ1) is 8.20. The first kappa shape index (κ1) is 13.9. The Morgan fingerprint density at radius 2 is 1.82 bits per heavy atom. The molecule has 0 saturated carbocycles. The lowest BCUT2D eigenvalue weighted by molar-refractivity contribution is 0.372. The zero-order valence-corrected chi connectivity index (χ0v) is 10.5. The maximum Gasteiger partial charge on any atom is 0.120 e. The number of nitrogens with one attached hydrogen (secondary N) is 3. The van der Waals surface area contributed by atoms with Crippen molar-refractivity contribution in [3.63, 3.8) is 0 Å². The van der Waals surface area contributed by atoms with Crippen LogP contribution in [-0.2, 0) is 6.54 Å². The van der Waals surface area contributed by atoms with Crippen LogP contribution in [0.2, 0.25) is 0 Å². The average Bonchev–Trinajstić information content (AvgIpc) is 2.35. The van der Waals surface area contributed by atoms with Crippen LogP contribution in [0.3, 0.4) is 0 Å². The molecule has 5 heteroatoms. The molecule has 1 aliphatic heterocycles. The van der Waals surface area contributed by atoms with Crippen LogP contribution in [0.25, 0.3) is 0 Å². The number of benzene rings is 1. The maximum atomic E-state index is 9.33. The van der Waals surface area contributed by atoms with Crippen LogP contribution in [0.4, 0.5) is 0 Å². The van der Waals surface area contributed by atoms with Crippen molar-refractivity contribution in [2.24, 2.45) is 0 Å². The molecule has 1 aliphatic rings. The van der Waals surface area contributed by atoms with E-state index < -0.39 is 0 Å². The van der Waals surface area contributed by atoms with E-state index in [1.165, 1.54) is 6.42 Å². The number of rotatable bonds is 2. The van der Waals surface area contributed by atoms with Gasteiger partial charge in [0.15, 0.2) is 0 Å². The molecule has 0 atom stereocenters. The van der Waals surface area contributed by atoms with Crippen molar-refractivity contribution in [1.82, 2.24) is 21.3 Å². The molecule has 96 valence electrons. The van der Waals surface area contributed by atoms with Crippen molar-refractivity contribution >= 4 is 0 Å². The average molecular weight is 238 g/mol. The Kier molecular flexibility index (Phi) is 6.57. The molecular weight excluding hydrogens is 216 g/mol. The molecule has 0 spiro atoms. The smallest absolute Gasteiger partial charge is 0.120 e. The highest BCUT2D eigenvalue weighted by atomic mass is 16.3. The number of hydrogen-bond donors (Lipinski definition) is 4. The second kappa shape index (κ2) is 8.03. The number of hydrazine groups is 2. The zero-order valence-electron chi connectivity index (χ0n) is 10.5. The number of phenols is 1. The van der Waals surface area contributed by atoms with Gasteiger partial charge in [-0.25, -0.2) is 10.9 Å². The Labute approximate surface area is 103 Å². The quantitative estimate of drug-likeness (QED) is 0.602. The van der Waals surface area contributed by atoms with E-state index in [9.17, 15) is 5.11 Å². The molecule has 0 aliphatic carbocycles. The monoisotopic (exact) mass is 238 g/mol. The fraction of sp³-hybridized carbons (Fsp3) is 0.500. The van der Waals surface area contributed by atoms with Crippen LogP contribution in [0.15, 0.2) is 24.3 Å². The molecular formula is C12H22N4O. The highest BCUT2D eigenvalue weighted by molar-refractivity contribution is 5.31. The molecule has 0 amide bonds. The van der Waals surface area contributed by atoms with E-state index in [0.29, 0.717) is 5.75 Å². The van der Waals surface area contributed by atoms with E-state index in [-0.39, 0.29) is 0 Å².